The molecule has 3 rings (SSSR count). The normalized spacial score (nSPS) is 15.5. The quantitative estimate of drug-likeness (QED) is 0.403. The van der Waals surface area contributed by atoms with Crippen molar-refractivity contribution in [2.75, 3.05) is 20.3 Å². The third-order valence-corrected chi connectivity index (χ3v) is 5.75. The highest BCUT2D eigenvalue weighted by Gasteiger charge is 2.28. The first kappa shape index (κ1) is 19.5. The van der Waals surface area contributed by atoms with Crippen LogP contribution in [0.1, 0.15) is 16.7 Å². The van der Waals surface area contributed by atoms with E-state index < -0.39 is 0 Å². The maximum absolute atomic E-state index is 12.0. The van der Waals surface area contributed by atoms with Crippen LogP contribution in [0.5, 0.6) is 11.5 Å². The van der Waals surface area contributed by atoms with Gasteiger partial charge < -0.3 is 9.47 Å². The Morgan fingerprint density at radius 2 is 1.63 bits per heavy atom. The standard InChI is InChI=1S/C21H21NO3S2/c1-14-4-7-18(12-15(14)2)25-11-10-24-17-8-5-16(6-9-17)13-19-20(23)22(3)21(26)27-19/h4-9,12-13H,10-11H2,1-3H3/b19-13+. The second-order valence-corrected chi connectivity index (χ2v) is 7.93. The Hall–Kier alpha value is -2.31. The Morgan fingerprint density at radius 1 is 1.00 bits per heavy atom. The molecule has 0 saturated carbocycles. The first-order valence-electron chi connectivity index (χ1n) is 8.58. The van der Waals surface area contributed by atoms with Crippen molar-refractivity contribution in [3.8, 4) is 11.5 Å². The van der Waals surface area contributed by atoms with Gasteiger partial charge in [0.2, 0.25) is 0 Å². The van der Waals surface area contributed by atoms with Crippen LogP contribution >= 0.6 is 24.0 Å². The molecular formula is C21H21NO3S2. The maximum atomic E-state index is 12.0. The zero-order valence-electron chi connectivity index (χ0n) is 15.5. The first-order valence-corrected chi connectivity index (χ1v) is 9.81. The average molecular weight is 400 g/mol. The number of likely N-dealkylation sites (N-methyl/N-ethyl adjacent to an activating group) is 1. The third kappa shape index (κ3) is 4.90. The number of hydrogen-bond donors (Lipinski definition) is 0. The van der Waals surface area contributed by atoms with Crippen LogP contribution < -0.4 is 9.47 Å². The minimum absolute atomic E-state index is 0.0613. The zero-order valence-corrected chi connectivity index (χ0v) is 17.2. The molecule has 140 valence electrons. The van der Waals surface area contributed by atoms with Gasteiger partial charge in [-0.25, -0.2) is 0 Å². The molecule has 0 aliphatic carbocycles. The monoisotopic (exact) mass is 399 g/mol. The topological polar surface area (TPSA) is 38.8 Å². The van der Waals surface area contributed by atoms with Crippen molar-refractivity contribution in [1.29, 1.82) is 0 Å². The Kier molecular flexibility index (Phi) is 6.19. The molecule has 1 aliphatic heterocycles. The molecule has 0 spiro atoms. The fourth-order valence-electron chi connectivity index (χ4n) is 2.48. The van der Waals surface area contributed by atoms with Crippen LogP contribution in [0.3, 0.4) is 0 Å². The molecule has 0 atom stereocenters. The van der Waals surface area contributed by atoms with Crippen molar-refractivity contribution in [3.05, 3.63) is 64.1 Å². The van der Waals surface area contributed by atoms with Gasteiger partial charge in [0, 0.05) is 7.05 Å². The Balaban J connectivity index is 1.50. The van der Waals surface area contributed by atoms with E-state index in [1.165, 1.54) is 27.8 Å². The van der Waals surface area contributed by atoms with Crippen molar-refractivity contribution < 1.29 is 14.3 Å². The van der Waals surface area contributed by atoms with Gasteiger partial charge in [-0.05, 0) is 60.9 Å². The molecular weight excluding hydrogens is 378 g/mol. The number of carbonyl (C=O) groups excluding carboxylic acids is 1. The average Bonchev–Trinajstić information content (AvgIpc) is 2.90. The smallest absolute Gasteiger partial charge is 0.265 e. The van der Waals surface area contributed by atoms with Gasteiger partial charge in [-0.3, -0.25) is 9.69 Å². The largest absolute Gasteiger partial charge is 0.490 e. The summed E-state index contributed by atoms with van der Waals surface area (Å²) in [5, 5.41) is 0. The van der Waals surface area contributed by atoms with Gasteiger partial charge in [-0.2, -0.15) is 0 Å². The number of thiocarbonyl (C=S) groups is 1. The van der Waals surface area contributed by atoms with Gasteiger partial charge in [0.15, 0.2) is 0 Å². The summed E-state index contributed by atoms with van der Waals surface area (Å²) >= 11 is 6.45. The summed E-state index contributed by atoms with van der Waals surface area (Å²) < 4.78 is 12.0. The molecule has 1 fully saturated rings. The minimum Gasteiger partial charge on any atom is -0.490 e. The molecule has 0 bridgehead atoms. The number of nitrogens with zero attached hydrogens (tertiary/aromatic N) is 1. The number of amides is 1. The highest BCUT2D eigenvalue weighted by Crippen LogP contribution is 2.31. The Bertz CT molecular complexity index is 891. The molecule has 6 heteroatoms. The predicted molar refractivity (Wildman–Crippen MR) is 114 cm³/mol. The number of thioether (sulfide) groups is 1. The lowest BCUT2D eigenvalue weighted by Crippen LogP contribution is -2.22. The molecule has 1 heterocycles. The number of carbonyl (C=O) groups is 1. The summed E-state index contributed by atoms with van der Waals surface area (Å²) in [4.78, 5) is 14.2. The van der Waals surface area contributed by atoms with E-state index in [0.29, 0.717) is 22.4 Å². The molecule has 1 aliphatic rings. The molecule has 2 aromatic carbocycles. The molecule has 1 amide bonds. The number of aryl methyl sites for hydroxylation is 2. The van der Waals surface area contributed by atoms with Crippen molar-refractivity contribution >= 4 is 40.3 Å². The van der Waals surface area contributed by atoms with E-state index >= 15 is 0 Å². The van der Waals surface area contributed by atoms with Crippen molar-refractivity contribution in [1.82, 2.24) is 4.90 Å². The van der Waals surface area contributed by atoms with Gasteiger partial charge in [0.25, 0.3) is 5.91 Å². The predicted octanol–water partition coefficient (Wildman–Crippen LogP) is 4.59. The first-order chi connectivity index (χ1) is 12.9. The van der Waals surface area contributed by atoms with Gasteiger partial charge in [-0.15, -0.1) is 0 Å². The Morgan fingerprint density at radius 3 is 2.22 bits per heavy atom. The summed E-state index contributed by atoms with van der Waals surface area (Å²) in [6.07, 6.45) is 1.84. The van der Waals surface area contributed by atoms with Crippen molar-refractivity contribution in [2.45, 2.75) is 13.8 Å². The van der Waals surface area contributed by atoms with Crippen LogP contribution in [-0.4, -0.2) is 35.4 Å². The lowest BCUT2D eigenvalue weighted by molar-refractivity contribution is -0.121. The second kappa shape index (κ2) is 8.59. The fourth-order valence-corrected chi connectivity index (χ4v) is 3.66. The van der Waals surface area contributed by atoms with E-state index in [4.69, 9.17) is 21.7 Å². The SMILES string of the molecule is Cc1ccc(OCCOc2ccc(/C=C3/SC(=S)N(C)C3=O)cc2)cc1C. The number of hydrogen-bond acceptors (Lipinski definition) is 5. The van der Waals surface area contributed by atoms with Gasteiger partial charge in [0.05, 0.1) is 4.91 Å². The van der Waals surface area contributed by atoms with Crippen LogP contribution in [0.25, 0.3) is 6.08 Å². The molecule has 4 nitrogen and oxygen atoms in total. The van der Waals surface area contributed by atoms with Crippen LogP contribution in [0.15, 0.2) is 47.4 Å². The van der Waals surface area contributed by atoms with Gasteiger partial charge in [-0.1, -0.05) is 42.2 Å². The van der Waals surface area contributed by atoms with Crippen LogP contribution in [0, 0.1) is 13.8 Å². The van der Waals surface area contributed by atoms with Gasteiger partial charge >= 0.3 is 0 Å². The van der Waals surface area contributed by atoms with E-state index in [2.05, 4.69) is 19.9 Å². The fraction of sp³-hybridized carbons (Fsp3) is 0.238. The van der Waals surface area contributed by atoms with E-state index in [0.717, 1.165) is 17.1 Å². The highest BCUT2D eigenvalue weighted by atomic mass is 32.2. The summed E-state index contributed by atoms with van der Waals surface area (Å²) in [7, 11) is 1.69. The summed E-state index contributed by atoms with van der Waals surface area (Å²) in [6, 6.07) is 13.7. The second-order valence-electron chi connectivity index (χ2n) is 6.25. The maximum Gasteiger partial charge on any atom is 0.265 e. The Labute approximate surface area is 169 Å². The molecule has 2 aromatic rings. The molecule has 0 aromatic heterocycles. The van der Waals surface area contributed by atoms with Crippen molar-refractivity contribution in [2.24, 2.45) is 0 Å². The van der Waals surface area contributed by atoms with E-state index in [-0.39, 0.29) is 5.91 Å². The van der Waals surface area contributed by atoms with Crippen molar-refractivity contribution in [3.63, 3.8) is 0 Å². The van der Waals surface area contributed by atoms with E-state index in [1.54, 1.807) is 7.05 Å². The lowest BCUT2D eigenvalue weighted by atomic mass is 10.1. The van der Waals surface area contributed by atoms with E-state index in [9.17, 15) is 4.79 Å². The third-order valence-electron chi connectivity index (χ3n) is 4.26. The van der Waals surface area contributed by atoms with Crippen LogP contribution in [-0.2, 0) is 4.79 Å². The molecule has 0 radical (unpaired) electrons. The molecule has 0 N–H and O–H groups in total. The summed E-state index contributed by atoms with van der Waals surface area (Å²) in [5.41, 5.74) is 3.39. The van der Waals surface area contributed by atoms with Crippen LogP contribution in [0.4, 0.5) is 0 Å². The number of rotatable bonds is 6. The van der Waals surface area contributed by atoms with Gasteiger partial charge in [0.1, 0.15) is 29.0 Å². The summed E-state index contributed by atoms with van der Waals surface area (Å²) in [5.74, 6) is 1.55. The molecule has 0 unspecified atom stereocenters. The highest BCUT2D eigenvalue weighted by molar-refractivity contribution is 8.26. The lowest BCUT2D eigenvalue weighted by Gasteiger charge is -2.10. The summed E-state index contributed by atoms with van der Waals surface area (Å²) in [6.45, 7) is 5.08. The number of ether oxygens (including phenoxy) is 2. The minimum atomic E-state index is -0.0613. The zero-order chi connectivity index (χ0) is 19.4. The molecule has 27 heavy (non-hydrogen) atoms. The van der Waals surface area contributed by atoms with E-state index in [1.807, 2.05) is 42.5 Å². The molecule has 1 saturated heterocycles. The number of benzene rings is 2. The van der Waals surface area contributed by atoms with Crippen LogP contribution in [0.2, 0.25) is 0 Å².